The van der Waals surface area contributed by atoms with Crippen molar-refractivity contribution in [3.63, 3.8) is 0 Å². The van der Waals surface area contributed by atoms with Crippen molar-refractivity contribution < 1.29 is 24.2 Å². The number of non-ortho nitro benzene ring substituents is 1. The number of hydrogen-bond acceptors (Lipinski definition) is 7. The van der Waals surface area contributed by atoms with E-state index in [4.69, 9.17) is 4.74 Å². The quantitative estimate of drug-likeness (QED) is 0.246. The zero-order valence-corrected chi connectivity index (χ0v) is 17.4. The van der Waals surface area contributed by atoms with Crippen molar-refractivity contribution in [3.8, 4) is 5.75 Å². The highest BCUT2D eigenvalue weighted by Crippen LogP contribution is 2.34. The van der Waals surface area contributed by atoms with Gasteiger partial charge in [-0.15, -0.1) is 0 Å². The highest BCUT2D eigenvalue weighted by atomic mass is 16.6. The van der Waals surface area contributed by atoms with E-state index in [-0.39, 0.29) is 34.9 Å². The fourth-order valence-electron chi connectivity index (χ4n) is 3.34. The van der Waals surface area contributed by atoms with E-state index < -0.39 is 21.7 Å². The lowest BCUT2D eigenvalue weighted by molar-refractivity contribution is -0.386. The van der Waals surface area contributed by atoms with Crippen LogP contribution in [0.25, 0.3) is 6.08 Å². The minimum Gasteiger partial charge on any atom is -0.482 e. The number of nitrogens with one attached hydrogen (secondary N) is 1. The molecule has 0 atom stereocenters. The first-order chi connectivity index (χ1) is 16.3. The minimum atomic E-state index is -0.676. The van der Waals surface area contributed by atoms with Gasteiger partial charge in [-0.1, -0.05) is 42.5 Å². The minimum absolute atomic E-state index is 0.132. The highest BCUT2D eigenvalue weighted by molar-refractivity contribution is 6.31. The fraction of sp³-hybridized carbons (Fsp3) is 0.0435. The molecule has 0 spiro atoms. The zero-order chi connectivity index (χ0) is 24.2. The first kappa shape index (κ1) is 22.1. The largest absolute Gasteiger partial charge is 0.482 e. The van der Waals surface area contributed by atoms with Gasteiger partial charge in [-0.25, -0.2) is 5.01 Å². The molecular formula is C23H16N4O7. The van der Waals surface area contributed by atoms with Crippen LogP contribution in [0.15, 0.2) is 78.4 Å². The molecule has 0 aliphatic carbocycles. The molecule has 1 heterocycles. The van der Waals surface area contributed by atoms with Gasteiger partial charge in [0.25, 0.3) is 17.5 Å². The summed E-state index contributed by atoms with van der Waals surface area (Å²) in [6.07, 6.45) is 1.22. The summed E-state index contributed by atoms with van der Waals surface area (Å²) in [4.78, 5) is 46.7. The van der Waals surface area contributed by atoms with Crippen LogP contribution in [0.1, 0.15) is 11.1 Å². The maximum atomic E-state index is 12.9. The number of benzene rings is 3. The lowest BCUT2D eigenvalue weighted by Gasteiger charge is -2.14. The van der Waals surface area contributed by atoms with E-state index in [2.05, 4.69) is 5.43 Å². The van der Waals surface area contributed by atoms with Crippen molar-refractivity contribution in [2.45, 2.75) is 6.61 Å². The number of para-hydroxylation sites is 2. The third-order valence-electron chi connectivity index (χ3n) is 4.93. The number of rotatable bonds is 7. The number of carbonyl (C=O) groups is 2. The molecule has 3 aromatic carbocycles. The van der Waals surface area contributed by atoms with Crippen LogP contribution in [0, 0.1) is 20.2 Å². The maximum absolute atomic E-state index is 12.9. The summed E-state index contributed by atoms with van der Waals surface area (Å²) in [5.41, 5.74) is 2.69. The van der Waals surface area contributed by atoms with Crippen LogP contribution in [-0.2, 0) is 16.2 Å². The van der Waals surface area contributed by atoms with Gasteiger partial charge in [0.1, 0.15) is 12.2 Å². The second kappa shape index (κ2) is 9.20. The van der Waals surface area contributed by atoms with Gasteiger partial charge in [0, 0.05) is 23.8 Å². The van der Waals surface area contributed by atoms with Gasteiger partial charge in [-0.2, -0.15) is 0 Å². The predicted molar refractivity (Wildman–Crippen MR) is 121 cm³/mol. The van der Waals surface area contributed by atoms with Crippen LogP contribution in [0.5, 0.6) is 5.75 Å². The Bertz CT molecular complexity index is 1340. The monoisotopic (exact) mass is 460 g/mol. The third kappa shape index (κ3) is 4.43. The number of nitrogens with zero attached hydrogens (tertiary/aromatic N) is 3. The van der Waals surface area contributed by atoms with E-state index in [9.17, 15) is 29.8 Å². The van der Waals surface area contributed by atoms with Crippen molar-refractivity contribution in [3.05, 3.63) is 110 Å². The predicted octanol–water partition coefficient (Wildman–Crippen LogP) is 3.54. The fourth-order valence-corrected chi connectivity index (χ4v) is 3.34. The number of hydrazine groups is 1. The molecule has 2 amide bonds. The number of carbonyl (C=O) groups excluding carboxylic acids is 2. The molecule has 0 bridgehead atoms. The molecule has 1 saturated heterocycles. The average molecular weight is 460 g/mol. The Morgan fingerprint density at radius 1 is 0.912 bits per heavy atom. The number of ether oxygens (including phenoxy) is 1. The summed E-state index contributed by atoms with van der Waals surface area (Å²) in [6.45, 7) is -0.209. The second-order valence-electron chi connectivity index (χ2n) is 7.14. The molecule has 1 N–H and O–H groups in total. The first-order valence-corrected chi connectivity index (χ1v) is 9.91. The average Bonchev–Trinajstić information content (AvgIpc) is 3.12. The van der Waals surface area contributed by atoms with E-state index in [1.54, 1.807) is 36.4 Å². The summed E-state index contributed by atoms with van der Waals surface area (Å²) in [5.74, 6) is -1.48. The first-order valence-electron chi connectivity index (χ1n) is 9.91. The lowest BCUT2D eigenvalue weighted by Crippen LogP contribution is -2.35. The molecule has 0 aromatic heterocycles. The van der Waals surface area contributed by atoms with Crippen LogP contribution in [0.4, 0.5) is 17.1 Å². The van der Waals surface area contributed by atoms with E-state index in [0.29, 0.717) is 11.3 Å². The topological polar surface area (TPSA) is 145 Å². The van der Waals surface area contributed by atoms with Gasteiger partial charge < -0.3 is 4.74 Å². The molecule has 1 aliphatic heterocycles. The van der Waals surface area contributed by atoms with Gasteiger partial charge >= 0.3 is 5.69 Å². The number of amides is 2. The number of anilines is 1. The molecular weight excluding hydrogens is 444 g/mol. The maximum Gasteiger partial charge on any atom is 0.311 e. The molecule has 34 heavy (non-hydrogen) atoms. The summed E-state index contributed by atoms with van der Waals surface area (Å²) in [7, 11) is 0. The Morgan fingerprint density at radius 3 is 2.35 bits per heavy atom. The van der Waals surface area contributed by atoms with Gasteiger partial charge in [-0.05, 0) is 23.8 Å². The molecule has 3 aromatic rings. The molecule has 0 radical (unpaired) electrons. The Morgan fingerprint density at radius 2 is 1.65 bits per heavy atom. The summed E-state index contributed by atoms with van der Waals surface area (Å²) < 4.78 is 5.68. The summed E-state index contributed by atoms with van der Waals surface area (Å²) in [6, 6.07) is 18.2. The zero-order valence-electron chi connectivity index (χ0n) is 17.4. The van der Waals surface area contributed by atoms with Gasteiger partial charge in [0.2, 0.25) is 5.75 Å². The molecule has 4 rings (SSSR count). The Hall–Kier alpha value is -5.06. The molecule has 1 fully saturated rings. The van der Waals surface area contributed by atoms with E-state index >= 15 is 0 Å². The van der Waals surface area contributed by atoms with Crippen molar-refractivity contribution in [2.24, 2.45) is 0 Å². The van der Waals surface area contributed by atoms with Crippen molar-refractivity contribution in [1.82, 2.24) is 5.43 Å². The van der Waals surface area contributed by atoms with Gasteiger partial charge in [0.15, 0.2) is 0 Å². The van der Waals surface area contributed by atoms with Crippen LogP contribution < -0.4 is 15.2 Å². The van der Waals surface area contributed by atoms with Gasteiger partial charge in [-0.3, -0.25) is 35.2 Å². The Labute approximate surface area is 192 Å². The van der Waals surface area contributed by atoms with Crippen LogP contribution in [0.2, 0.25) is 0 Å². The van der Waals surface area contributed by atoms with Crippen molar-refractivity contribution in [1.29, 1.82) is 0 Å². The van der Waals surface area contributed by atoms with E-state index in [1.807, 2.05) is 0 Å². The SMILES string of the molecule is O=C1NN(c2ccccc2)C(=O)C1=Cc1cccc([N+](=O)[O-])c1OCc1cccc([N+](=O)[O-])c1. The molecule has 11 nitrogen and oxygen atoms in total. The molecule has 0 unspecified atom stereocenters. The normalized spacial score (nSPS) is 14.2. The molecule has 170 valence electrons. The smallest absolute Gasteiger partial charge is 0.311 e. The summed E-state index contributed by atoms with van der Waals surface area (Å²) in [5, 5.41) is 23.7. The van der Waals surface area contributed by atoms with E-state index in [0.717, 1.165) is 5.01 Å². The Kier molecular flexibility index (Phi) is 5.99. The lowest BCUT2D eigenvalue weighted by atomic mass is 10.1. The number of hydrogen-bond donors (Lipinski definition) is 1. The van der Waals surface area contributed by atoms with Crippen LogP contribution in [0.3, 0.4) is 0 Å². The molecule has 11 heteroatoms. The molecule has 1 aliphatic rings. The van der Waals surface area contributed by atoms with Crippen LogP contribution >= 0.6 is 0 Å². The third-order valence-corrected chi connectivity index (χ3v) is 4.93. The van der Waals surface area contributed by atoms with Crippen molar-refractivity contribution in [2.75, 3.05) is 5.01 Å². The summed E-state index contributed by atoms with van der Waals surface area (Å²) >= 11 is 0. The van der Waals surface area contributed by atoms with Gasteiger partial charge in [0.05, 0.1) is 15.5 Å². The van der Waals surface area contributed by atoms with Crippen LogP contribution in [-0.4, -0.2) is 21.7 Å². The number of nitro groups is 2. The second-order valence-corrected chi connectivity index (χ2v) is 7.14. The molecule has 0 saturated carbocycles. The number of nitro benzene ring substituents is 2. The Balaban J connectivity index is 1.68. The standard InChI is InChI=1S/C23H16N4O7/c28-22-19(23(29)25(24-22)17-8-2-1-3-9-17)13-16-7-5-11-20(27(32)33)21(16)34-14-15-6-4-10-18(12-15)26(30)31/h1-13H,14H2,(H,24,28). The van der Waals surface area contributed by atoms with Crippen molar-refractivity contribution >= 4 is 35.0 Å². The van der Waals surface area contributed by atoms with E-state index in [1.165, 1.54) is 42.5 Å². The highest BCUT2D eigenvalue weighted by Gasteiger charge is 2.35.